The molecule has 0 spiro atoms. The van der Waals surface area contributed by atoms with Crippen molar-refractivity contribution in [3.05, 3.63) is 26.4 Å². The Morgan fingerprint density at radius 2 is 1.95 bits per heavy atom. The van der Waals surface area contributed by atoms with Gasteiger partial charge in [0.1, 0.15) is 21.1 Å². The highest BCUT2D eigenvalue weighted by atomic mass is 35.5. The second kappa shape index (κ2) is 5.13. The molecule has 8 nitrogen and oxygen atoms in total. The van der Waals surface area contributed by atoms with Crippen LogP contribution in [0.15, 0.2) is 9.59 Å². The number of hydrogen-bond donors (Lipinski definition) is 2. The van der Waals surface area contributed by atoms with Crippen molar-refractivity contribution in [2.45, 2.75) is 17.7 Å². The number of alkyl halides is 2. The van der Waals surface area contributed by atoms with Crippen molar-refractivity contribution in [2.75, 3.05) is 12.3 Å². The molecule has 1 fully saturated rings. The molecule has 0 aromatic carbocycles. The lowest BCUT2D eigenvalue weighted by atomic mass is 10.1. The zero-order valence-corrected chi connectivity index (χ0v) is 13.2. The number of hydrogen-bond acceptors (Lipinski definition) is 6. The van der Waals surface area contributed by atoms with Gasteiger partial charge in [-0.3, -0.25) is 23.9 Å². The van der Waals surface area contributed by atoms with Crippen LogP contribution in [0.5, 0.6) is 0 Å². The fourth-order valence-corrected chi connectivity index (χ4v) is 2.58. The Bertz CT molecular complexity index is 782. The van der Waals surface area contributed by atoms with Gasteiger partial charge in [-0.1, -0.05) is 0 Å². The Morgan fingerprint density at radius 3 is 2.45 bits per heavy atom. The standard InChI is InChI=1S/C12H13Cl2N3O5/c1-11(4-12(11,13)14)9(20)22-3-5(18)6-7(15)17(2)10(21)16-8(6)19/h3-4,15H2,1-2H3,(H,16,19,21)/t11-/m1/s1. The van der Waals surface area contributed by atoms with Gasteiger partial charge in [0.15, 0.2) is 6.61 Å². The Morgan fingerprint density at radius 1 is 1.41 bits per heavy atom. The Hall–Kier alpha value is -1.80. The zero-order chi connectivity index (χ0) is 16.9. The molecular formula is C12H13Cl2N3O5. The summed E-state index contributed by atoms with van der Waals surface area (Å²) in [4.78, 5) is 48.8. The molecule has 0 unspecified atom stereocenters. The molecule has 0 bridgehead atoms. The van der Waals surface area contributed by atoms with Crippen molar-refractivity contribution < 1.29 is 14.3 Å². The van der Waals surface area contributed by atoms with E-state index < -0.39 is 44.9 Å². The Labute approximate surface area is 134 Å². The SMILES string of the molecule is Cn1c(N)c(C(=O)COC(=O)[C@@]2(C)CC2(Cl)Cl)c(=O)[nH]c1=O. The van der Waals surface area contributed by atoms with Gasteiger partial charge in [0.2, 0.25) is 5.78 Å². The number of aromatic nitrogens is 2. The Balaban J connectivity index is 2.15. The third-order valence-corrected chi connectivity index (χ3v) is 4.79. The predicted octanol–water partition coefficient (Wildman–Crippen LogP) is -0.0344. The van der Waals surface area contributed by atoms with Gasteiger partial charge in [0.05, 0.1) is 0 Å². The molecule has 22 heavy (non-hydrogen) atoms. The number of anilines is 1. The van der Waals surface area contributed by atoms with E-state index in [0.29, 0.717) is 0 Å². The smallest absolute Gasteiger partial charge is 0.329 e. The molecule has 1 atom stereocenters. The third-order valence-electron chi connectivity index (χ3n) is 3.69. The summed E-state index contributed by atoms with van der Waals surface area (Å²) in [6.45, 7) is 0.803. The molecule has 1 heterocycles. The average molecular weight is 350 g/mol. The molecule has 1 aliphatic carbocycles. The first-order chi connectivity index (χ1) is 10.0. The van der Waals surface area contributed by atoms with Crippen LogP contribution >= 0.6 is 23.2 Å². The van der Waals surface area contributed by atoms with Crippen molar-refractivity contribution in [1.29, 1.82) is 0 Å². The molecule has 10 heteroatoms. The fraction of sp³-hybridized carbons (Fsp3) is 0.500. The molecule has 120 valence electrons. The second-order valence-electron chi connectivity index (χ2n) is 5.29. The highest BCUT2D eigenvalue weighted by molar-refractivity contribution is 6.53. The number of ketones is 1. The monoisotopic (exact) mass is 349 g/mol. The molecule has 0 radical (unpaired) electrons. The molecule has 1 aliphatic rings. The van der Waals surface area contributed by atoms with E-state index in [4.69, 9.17) is 33.7 Å². The number of ether oxygens (including phenoxy) is 1. The summed E-state index contributed by atoms with van der Waals surface area (Å²) in [5.74, 6) is -1.89. The number of nitrogen functional groups attached to an aromatic ring is 1. The quantitative estimate of drug-likeness (QED) is 0.446. The normalized spacial score (nSPS) is 22.2. The minimum Gasteiger partial charge on any atom is -0.457 e. The summed E-state index contributed by atoms with van der Waals surface area (Å²) in [5, 5.41) is 0. The van der Waals surface area contributed by atoms with Crippen LogP contribution in [0, 0.1) is 5.41 Å². The van der Waals surface area contributed by atoms with E-state index in [0.717, 1.165) is 4.57 Å². The Kier molecular flexibility index (Phi) is 3.87. The highest BCUT2D eigenvalue weighted by Gasteiger charge is 2.69. The van der Waals surface area contributed by atoms with Gasteiger partial charge in [0, 0.05) is 13.5 Å². The number of Topliss-reactive ketones (excluding diaryl/α,β-unsaturated/α-hetero) is 1. The van der Waals surface area contributed by atoms with E-state index in [1.54, 1.807) is 0 Å². The third kappa shape index (κ3) is 2.52. The number of carbonyl (C=O) groups is 2. The summed E-state index contributed by atoms with van der Waals surface area (Å²) in [7, 11) is 1.29. The van der Waals surface area contributed by atoms with Crippen LogP contribution in [0.3, 0.4) is 0 Å². The van der Waals surface area contributed by atoms with Gasteiger partial charge >= 0.3 is 11.7 Å². The molecule has 2 rings (SSSR count). The molecule has 1 aromatic rings. The molecule has 0 aliphatic heterocycles. The lowest BCUT2D eigenvalue weighted by Crippen LogP contribution is -2.36. The number of nitrogens with two attached hydrogens (primary N) is 1. The minimum atomic E-state index is -1.22. The first kappa shape index (κ1) is 16.6. The van der Waals surface area contributed by atoms with Gasteiger partial charge in [0.25, 0.3) is 5.56 Å². The van der Waals surface area contributed by atoms with Crippen molar-refractivity contribution in [2.24, 2.45) is 12.5 Å². The van der Waals surface area contributed by atoms with Crippen LogP contribution in [-0.4, -0.2) is 32.2 Å². The summed E-state index contributed by atoms with van der Waals surface area (Å²) >= 11 is 11.7. The molecular weight excluding hydrogens is 337 g/mol. The minimum absolute atomic E-state index is 0.207. The van der Waals surface area contributed by atoms with E-state index in [1.807, 2.05) is 4.98 Å². The van der Waals surface area contributed by atoms with Gasteiger partial charge in [-0.05, 0) is 6.92 Å². The number of nitrogens with zero attached hydrogens (tertiary/aromatic N) is 1. The van der Waals surface area contributed by atoms with E-state index in [9.17, 15) is 19.2 Å². The summed E-state index contributed by atoms with van der Waals surface area (Å²) in [6, 6.07) is 0. The van der Waals surface area contributed by atoms with Crippen molar-refractivity contribution in [1.82, 2.24) is 9.55 Å². The van der Waals surface area contributed by atoms with Gasteiger partial charge in [-0.15, -0.1) is 23.2 Å². The van der Waals surface area contributed by atoms with E-state index in [-0.39, 0.29) is 12.2 Å². The van der Waals surface area contributed by atoms with Gasteiger partial charge < -0.3 is 10.5 Å². The summed E-state index contributed by atoms with van der Waals surface area (Å²) < 4.78 is 4.53. The zero-order valence-electron chi connectivity index (χ0n) is 11.7. The number of carbonyl (C=O) groups excluding carboxylic acids is 2. The van der Waals surface area contributed by atoms with Gasteiger partial charge in [-0.25, -0.2) is 4.79 Å². The van der Waals surface area contributed by atoms with E-state index in [1.165, 1.54) is 14.0 Å². The number of nitrogens with one attached hydrogen (secondary N) is 1. The van der Waals surface area contributed by atoms with Crippen LogP contribution in [-0.2, 0) is 16.6 Å². The van der Waals surface area contributed by atoms with Crippen LogP contribution in [0.25, 0.3) is 0 Å². The lowest BCUT2D eigenvalue weighted by molar-refractivity contribution is -0.148. The van der Waals surface area contributed by atoms with Crippen molar-refractivity contribution in [3.63, 3.8) is 0 Å². The average Bonchev–Trinajstić information content (AvgIpc) is 2.93. The second-order valence-corrected chi connectivity index (χ2v) is 6.78. The first-order valence-electron chi connectivity index (χ1n) is 6.18. The molecule has 3 N–H and O–H groups in total. The maximum Gasteiger partial charge on any atom is 0.329 e. The van der Waals surface area contributed by atoms with Crippen LogP contribution in [0.4, 0.5) is 5.82 Å². The summed E-state index contributed by atoms with van der Waals surface area (Å²) in [6.07, 6.45) is 0.207. The predicted molar refractivity (Wildman–Crippen MR) is 79.2 cm³/mol. The summed E-state index contributed by atoms with van der Waals surface area (Å²) in [5.41, 5.74) is 2.35. The molecule has 1 saturated carbocycles. The maximum atomic E-state index is 12.0. The van der Waals surface area contributed by atoms with E-state index >= 15 is 0 Å². The van der Waals surface area contributed by atoms with Gasteiger partial charge in [-0.2, -0.15) is 0 Å². The molecule has 0 saturated heterocycles. The van der Waals surface area contributed by atoms with Crippen LogP contribution in [0.2, 0.25) is 0 Å². The first-order valence-corrected chi connectivity index (χ1v) is 6.94. The fourth-order valence-electron chi connectivity index (χ4n) is 1.89. The lowest BCUT2D eigenvalue weighted by Gasteiger charge is -2.12. The largest absolute Gasteiger partial charge is 0.457 e. The van der Waals surface area contributed by atoms with Crippen LogP contribution in [0.1, 0.15) is 23.7 Å². The number of H-pyrrole nitrogens is 1. The highest BCUT2D eigenvalue weighted by Crippen LogP contribution is 2.64. The molecule has 1 aromatic heterocycles. The maximum absolute atomic E-state index is 12.0. The number of aromatic amines is 1. The van der Waals surface area contributed by atoms with Crippen molar-refractivity contribution >= 4 is 40.8 Å². The topological polar surface area (TPSA) is 124 Å². The number of halogens is 2. The van der Waals surface area contributed by atoms with Crippen LogP contribution < -0.4 is 17.0 Å². The molecule has 0 amide bonds. The number of esters is 1. The van der Waals surface area contributed by atoms with Crippen molar-refractivity contribution in [3.8, 4) is 0 Å². The van der Waals surface area contributed by atoms with E-state index in [2.05, 4.69) is 0 Å². The number of rotatable bonds is 4.